The Labute approximate surface area is 138 Å². The highest BCUT2D eigenvalue weighted by molar-refractivity contribution is 7.99. The summed E-state index contributed by atoms with van der Waals surface area (Å²) in [6.07, 6.45) is 2.89. The van der Waals surface area contributed by atoms with Gasteiger partial charge >= 0.3 is 11.8 Å². The first-order valence-electron chi connectivity index (χ1n) is 6.98. The third-order valence-electron chi connectivity index (χ3n) is 2.86. The fraction of sp³-hybridized carbons (Fsp3) is 0.267. The van der Waals surface area contributed by atoms with E-state index in [0.717, 1.165) is 10.1 Å². The summed E-state index contributed by atoms with van der Waals surface area (Å²) in [4.78, 5) is 28.4. The summed E-state index contributed by atoms with van der Waals surface area (Å²) in [7, 11) is 1.91. The van der Waals surface area contributed by atoms with E-state index in [0.29, 0.717) is 5.69 Å². The van der Waals surface area contributed by atoms with E-state index in [1.165, 1.54) is 18.7 Å². The van der Waals surface area contributed by atoms with Crippen molar-refractivity contribution in [2.45, 2.75) is 23.1 Å². The average Bonchev–Trinajstić information content (AvgIpc) is 2.92. The second-order valence-electron chi connectivity index (χ2n) is 4.96. The Bertz CT molecular complexity index is 682. The molecule has 2 rings (SSSR count). The van der Waals surface area contributed by atoms with E-state index in [1.54, 1.807) is 18.3 Å². The van der Waals surface area contributed by atoms with E-state index in [-0.39, 0.29) is 6.54 Å². The van der Waals surface area contributed by atoms with Crippen LogP contribution in [0.5, 0.6) is 0 Å². The average molecular weight is 334 g/mol. The van der Waals surface area contributed by atoms with Crippen LogP contribution < -0.4 is 10.6 Å². The highest BCUT2D eigenvalue weighted by Crippen LogP contribution is 2.26. The summed E-state index contributed by atoms with van der Waals surface area (Å²) >= 11 is 1.50. The predicted octanol–water partition coefficient (Wildman–Crippen LogP) is 1.01. The molecule has 0 fully saturated rings. The van der Waals surface area contributed by atoms with Gasteiger partial charge in [0.15, 0.2) is 5.16 Å². The molecule has 1 aromatic heterocycles. The van der Waals surface area contributed by atoms with Gasteiger partial charge < -0.3 is 20.3 Å². The zero-order valence-electron chi connectivity index (χ0n) is 12.8. The second kappa shape index (κ2) is 7.80. The standard InChI is InChI=1S/C15H18N4O3S/c1-10(20)9-17-13(21)14(22)18-11-3-5-12(6-4-11)23-15-16-7-8-19(15)2/h3-8,10,20H,9H2,1-2H3,(H,17,21)(H,18,22)/t10-/m1/s1. The molecule has 0 aliphatic rings. The first-order valence-corrected chi connectivity index (χ1v) is 7.80. The maximum Gasteiger partial charge on any atom is 0.313 e. The number of anilines is 1. The maximum absolute atomic E-state index is 11.7. The highest BCUT2D eigenvalue weighted by atomic mass is 32.2. The normalized spacial score (nSPS) is 11.8. The van der Waals surface area contributed by atoms with Gasteiger partial charge in [-0.3, -0.25) is 9.59 Å². The minimum Gasteiger partial charge on any atom is -0.392 e. The lowest BCUT2D eigenvalue weighted by Gasteiger charge is -2.08. The number of carbonyl (C=O) groups excluding carboxylic acids is 2. The molecule has 0 aliphatic heterocycles. The van der Waals surface area contributed by atoms with Crippen molar-refractivity contribution in [3.05, 3.63) is 36.7 Å². The smallest absolute Gasteiger partial charge is 0.313 e. The van der Waals surface area contributed by atoms with Crippen molar-refractivity contribution in [3.8, 4) is 0 Å². The molecule has 7 nitrogen and oxygen atoms in total. The van der Waals surface area contributed by atoms with Crippen LogP contribution in [0, 0.1) is 0 Å². The molecule has 0 saturated carbocycles. The number of carbonyl (C=O) groups is 2. The molecule has 0 radical (unpaired) electrons. The van der Waals surface area contributed by atoms with Crippen LogP contribution in [-0.2, 0) is 16.6 Å². The summed E-state index contributed by atoms with van der Waals surface area (Å²) in [5, 5.41) is 14.8. The summed E-state index contributed by atoms with van der Waals surface area (Å²) < 4.78 is 1.91. The molecule has 8 heteroatoms. The molecule has 2 amide bonds. The summed E-state index contributed by atoms with van der Waals surface area (Å²) in [5.74, 6) is -1.55. The van der Waals surface area contributed by atoms with Crippen LogP contribution in [-0.4, -0.2) is 39.1 Å². The van der Waals surface area contributed by atoms with Crippen LogP contribution in [0.25, 0.3) is 0 Å². The molecule has 23 heavy (non-hydrogen) atoms. The Morgan fingerprint density at radius 3 is 2.57 bits per heavy atom. The molecule has 0 spiro atoms. The molecule has 0 bridgehead atoms. The molecule has 1 aromatic carbocycles. The second-order valence-corrected chi connectivity index (χ2v) is 6.00. The van der Waals surface area contributed by atoms with Crippen molar-refractivity contribution < 1.29 is 14.7 Å². The number of rotatable bonds is 5. The third kappa shape index (κ3) is 5.11. The first kappa shape index (κ1) is 17.0. The van der Waals surface area contributed by atoms with Gasteiger partial charge in [-0.2, -0.15) is 0 Å². The number of nitrogens with one attached hydrogen (secondary N) is 2. The van der Waals surface area contributed by atoms with Crippen molar-refractivity contribution in [2.24, 2.45) is 7.05 Å². The number of hydrogen-bond donors (Lipinski definition) is 3. The molecule has 0 aliphatic carbocycles. The van der Waals surface area contributed by atoms with Crippen molar-refractivity contribution in [1.82, 2.24) is 14.9 Å². The van der Waals surface area contributed by atoms with Gasteiger partial charge in [0.05, 0.1) is 6.10 Å². The maximum atomic E-state index is 11.7. The number of hydrogen-bond acceptors (Lipinski definition) is 5. The zero-order valence-corrected chi connectivity index (χ0v) is 13.6. The van der Waals surface area contributed by atoms with Crippen LogP contribution in [0.3, 0.4) is 0 Å². The third-order valence-corrected chi connectivity index (χ3v) is 3.95. The Kier molecular flexibility index (Phi) is 5.78. The lowest BCUT2D eigenvalue weighted by atomic mass is 10.3. The van der Waals surface area contributed by atoms with Gasteiger partial charge in [-0.1, -0.05) is 11.8 Å². The topological polar surface area (TPSA) is 96.2 Å². The molecule has 122 valence electrons. The van der Waals surface area contributed by atoms with Crippen LogP contribution in [0.1, 0.15) is 6.92 Å². The Balaban J connectivity index is 1.91. The van der Waals surface area contributed by atoms with Crippen molar-refractivity contribution in [2.75, 3.05) is 11.9 Å². The van der Waals surface area contributed by atoms with Gasteiger partial charge in [-0.05, 0) is 31.2 Å². The van der Waals surface area contributed by atoms with E-state index >= 15 is 0 Å². The quantitative estimate of drug-likeness (QED) is 0.709. The number of benzene rings is 1. The zero-order chi connectivity index (χ0) is 16.8. The molecule has 2 aromatic rings. The molecule has 1 atom stereocenters. The molecule has 3 N–H and O–H groups in total. The van der Waals surface area contributed by atoms with Crippen molar-refractivity contribution in [1.29, 1.82) is 0 Å². The van der Waals surface area contributed by atoms with Gasteiger partial charge in [-0.15, -0.1) is 0 Å². The van der Waals surface area contributed by atoms with Gasteiger partial charge in [0.1, 0.15) is 0 Å². The summed E-state index contributed by atoms with van der Waals surface area (Å²) in [5.41, 5.74) is 0.520. The minimum atomic E-state index is -0.780. The predicted molar refractivity (Wildman–Crippen MR) is 87.1 cm³/mol. The van der Waals surface area contributed by atoms with Crippen molar-refractivity contribution in [3.63, 3.8) is 0 Å². The van der Waals surface area contributed by atoms with Gasteiger partial charge in [0.25, 0.3) is 0 Å². The summed E-state index contributed by atoms with van der Waals surface area (Å²) in [6.45, 7) is 1.56. The Hall–Kier alpha value is -2.32. The first-order chi connectivity index (χ1) is 11.0. The van der Waals surface area contributed by atoms with E-state index in [1.807, 2.05) is 29.9 Å². The number of imidazole rings is 1. The van der Waals surface area contributed by atoms with E-state index in [4.69, 9.17) is 5.11 Å². The molecule has 0 saturated heterocycles. The van der Waals surface area contributed by atoms with Crippen LogP contribution in [0.15, 0.2) is 46.7 Å². The number of aliphatic hydroxyl groups excluding tert-OH is 1. The SMILES string of the molecule is C[C@@H](O)CNC(=O)C(=O)Nc1ccc(Sc2nccn2C)cc1. The fourth-order valence-electron chi connectivity index (χ4n) is 1.67. The number of aliphatic hydroxyl groups is 1. The number of aryl methyl sites for hydroxylation is 1. The lowest BCUT2D eigenvalue weighted by molar-refractivity contribution is -0.136. The van der Waals surface area contributed by atoms with Gasteiger partial charge in [-0.25, -0.2) is 4.98 Å². The summed E-state index contributed by atoms with van der Waals surface area (Å²) in [6, 6.07) is 7.10. The minimum absolute atomic E-state index is 0.0332. The molecule has 0 unspecified atom stereocenters. The van der Waals surface area contributed by atoms with Crippen LogP contribution in [0.2, 0.25) is 0 Å². The van der Waals surface area contributed by atoms with E-state index < -0.39 is 17.9 Å². The Morgan fingerprint density at radius 2 is 2.00 bits per heavy atom. The molecular weight excluding hydrogens is 316 g/mol. The van der Waals surface area contributed by atoms with Crippen LogP contribution in [0.4, 0.5) is 5.69 Å². The lowest BCUT2D eigenvalue weighted by Crippen LogP contribution is -2.38. The Morgan fingerprint density at radius 1 is 1.30 bits per heavy atom. The number of aromatic nitrogens is 2. The van der Waals surface area contributed by atoms with Gasteiger partial charge in [0.2, 0.25) is 0 Å². The largest absolute Gasteiger partial charge is 0.392 e. The number of amides is 2. The monoisotopic (exact) mass is 334 g/mol. The van der Waals surface area contributed by atoms with Crippen molar-refractivity contribution >= 4 is 29.3 Å². The molecular formula is C15H18N4O3S. The highest BCUT2D eigenvalue weighted by Gasteiger charge is 2.14. The number of nitrogens with zero attached hydrogens (tertiary/aromatic N) is 2. The van der Waals surface area contributed by atoms with Crippen LogP contribution >= 0.6 is 11.8 Å². The molecule has 1 heterocycles. The fourth-order valence-corrected chi connectivity index (χ4v) is 2.47. The van der Waals surface area contributed by atoms with E-state index in [9.17, 15) is 9.59 Å². The van der Waals surface area contributed by atoms with Gasteiger partial charge in [0, 0.05) is 36.6 Å². The van der Waals surface area contributed by atoms with E-state index in [2.05, 4.69) is 15.6 Å².